The molecule has 0 aromatic rings. The Bertz CT molecular complexity index is 302. The Balaban J connectivity index is 3.49. The van der Waals surface area contributed by atoms with Crippen LogP contribution in [0.25, 0.3) is 0 Å². The first-order valence-electron chi connectivity index (χ1n) is 5.08. The molecule has 0 unspecified atom stereocenters. The van der Waals surface area contributed by atoms with Crippen LogP contribution in [0.4, 0.5) is 18.0 Å². The number of hydrogen-bond acceptors (Lipinski definition) is 4. The highest BCUT2D eigenvalue weighted by Gasteiger charge is 2.37. The number of allylic oxidation sites excluding steroid dienone is 1. The van der Waals surface area contributed by atoms with E-state index in [9.17, 15) is 22.8 Å². The molecule has 18 heavy (non-hydrogen) atoms. The average molecular weight is 269 g/mol. The van der Waals surface area contributed by atoms with Crippen molar-refractivity contribution in [1.82, 2.24) is 5.32 Å². The topological polar surface area (TPSA) is 64.6 Å². The number of carbonyl (C=O) groups is 2. The number of carbonyl (C=O) groups excluding carboxylic acids is 2. The molecule has 8 heteroatoms. The molecule has 0 rings (SSSR count). The van der Waals surface area contributed by atoms with Gasteiger partial charge < -0.3 is 14.8 Å². The molecule has 0 heterocycles. The molecule has 0 bridgehead atoms. The van der Waals surface area contributed by atoms with E-state index in [4.69, 9.17) is 0 Å². The van der Waals surface area contributed by atoms with Crippen LogP contribution in [0.1, 0.15) is 12.8 Å². The van der Waals surface area contributed by atoms with E-state index in [1.165, 1.54) is 13.2 Å². The highest BCUT2D eigenvalue weighted by Crippen LogP contribution is 2.13. The lowest BCUT2D eigenvalue weighted by Gasteiger charge is -2.06. The second kappa shape index (κ2) is 8.37. The Morgan fingerprint density at radius 1 is 1.28 bits per heavy atom. The first-order chi connectivity index (χ1) is 8.38. The molecule has 0 aliphatic carbocycles. The van der Waals surface area contributed by atoms with E-state index in [0.717, 1.165) is 0 Å². The second-order valence-electron chi connectivity index (χ2n) is 3.13. The van der Waals surface area contributed by atoms with E-state index in [2.05, 4.69) is 9.47 Å². The second-order valence-corrected chi connectivity index (χ2v) is 3.13. The van der Waals surface area contributed by atoms with Crippen molar-refractivity contribution in [3.63, 3.8) is 0 Å². The first-order valence-corrected chi connectivity index (χ1v) is 5.08. The lowest BCUT2D eigenvalue weighted by atomic mass is 10.3. The predicted octanol–water partition coefficient (Wildman–Crippen LogP) is 1.78. The summed E-state index contributed by atoms with van der Waals surface area (Å²) in [4.78, 5) is 20.9. The number of halogens is 3. The molecular weight excluding hydrogens is 255 g/mol. The summed E-state index contributed by atoms with van der Waals surface area (Å²) in [7, 11) is 1.18. The number of nitrogens with one attached hydrogen (secondary N) is 1. The number of ether oxygens (including phenoxy) is 2. The zero-order valence-corrected chi connectivity index (χ0v) is 9.75. The van der Waals surface area contributed by atoms with E-state index >= 15 is 0 Å². The van der Waals surface area contributed by atoms with Crippen molar-refractivity contribution in [2.75, 3.05) is 20.3 Å². The summed E-state index contributed by atoms with van der Waals surface area (Å²) >= 11 is 0. The van der Waals surface area contributed by atoms with Gasteiger partial charge in [0.1, 0.15) is 6.61 Å². The number of rotatable bonds is 6. The summed E-state index contributed by atoms with van der Waals surface area (Å²) in [5.74, 6) is -1.94. The smallest absolute Gasteiger partial charge is 0.438 e. The van der Waals surface area contributed by atoms with E-state index < -0.39 is 18.2 Å². The third-order valence-corrected chi connectivity index (χ3v) is 1.72. The average Bonchev–Trinajstić information content (AvgIpc) is 2.30. The lowest BCUT2D eigenvalue weighted by Crippen LogP contribution is -2.37. The van der Waals surface area contributed by atoms with Crippen molar-refractivity contribution < 1.29 is 32.2 Å². The van der Waals surface area contributed by atoms with Gasteiger partial charge in [0.2, 0.25) is 0 Å². The number of methoxy groups -OCH3 is 1. The summed E-state index contributed by atoms with van der Waals surface area (Å²) in [6, 6.07) is 0. The molecule has 1 amide bonds. The van der Waals surface area contributed by atoms with Crippen molar-refractivity contribution in [3.8, 4) is 0 Å². The van der Waals surface area contributed by atoms with Crippen LogP contribution < -0.4 is 5.32 Å². The van der Waals surface area contributed by atoms with Crippen molar-refractivity contribution in [3.05, 3.63) is 12.2 Å². The zero-order chi connectivity index (χ0) is 14.0. The standard InChI is InChI=1S/C10H14F3NO4/c1-17-9(16)18-7-5-3-2-4-6-14-8(15)10(11,12)13/h3,5H,2,4,6-7H2,1H3,(H,14,15)/b5-3+. The van der Waals surface area contributed by atoms with Crippen LogP contribution in [0.2, 0.25) is 0 Å². The van der Waals surface area contributed by atoms with Gasteiger partial charge in [-0.1, -0.05) is 12.2 Å². The minimum absolute atomic E-state index is 0.0293. The molecule has 5 nitrogen and oxygen atoms in total. The predicted molar refractivity (Wildman–Crippen MR) is 55.8 cm³/mol. The zero-order valence-electron chi connectivity index (χ0n) is 9.75. The van der Waals surface area contributed by atoms with Gasteiger partial charge in [-0.15, -0.1) is 0 Å². The van der Waals surface area contributed by atoms with Crippen LogP contribution in [0.3, 0.4) is 0 Å². The highest BCUT2D eigenvalue weighted by molar-refractivity contribution is 5.81. The number of amides is 1. The summed E-state index contributed by atoms with van der Waals surface area (Å²) in [5.41, 5.74) is 0. The van der Waals surface area contributed by atoms with E-state index in [1.54, 1.807) is 11.4 Å². The highest BCUT2D eigenvalue weighted by atomic mass is 19.4. The van der Waals surface area contributed by atoms with Crippen molar-refractivity contribution in [1.29, 1.82) is 0 Å². The number of hydrogen-bond donors (Lipinski definition) is 1. The van der Waals surface area contributed by atoms with Gasteiger partial charge in [-0.2, -0.15) is 13.2 Å². The maximum atomic E-state index is 11.7. The maximum absolute atomic E-state index is 11.7. The van der Waals surface area contributed by atoms with Crippen LogP contribution in [0, 0.1) is 0 Å². The monoisotopic (exact) mass is 269 g/mol. The Labute approximate surface area is 102 Å². The van der Waals surface area contributed by atoms with Crippen LogP contribution in [0.5, 0.6) is 0 Å². The van der Waals surface area contributed by atoms with Gasteiger partial charge in [-0.25, -0.2) is 4.79 Å². The Kier molecular flexibility index (Phi) is 7.57. The number of alkyl halides is 3. The summed E-state index contributed by atoms with van der Waals surface area (Å²) in [5, 5.41) is 1.74. The van der Waals surface area contributed by atoms with Crippen molar-refractivity contribution in [2.24, 2.45) is 0 Å². The van der Waals surface area contributed by atoms with Crippen LogP contribution in [0.15, 0.2) is 12.2 Å². The summed E-state index contributed by atoms with van der Waals surface area (Å²) in [6.45, 7) is -0.0396. The largest absolute Gasteiger partial charge is 0.508 e. The Morgan fingerprint density at radius 3 is 2.50 bits per heavy atom. The fraction of sp³-hybridized carbons (Fsp3) is 0.600. The Morgan fingerprint density at radius 2 is 1.94 bits per heavy atom. The minimum Gasteiger partial charge on any atom is -0.438 e. The Hall–Kier alpha value is -1.73. The first kappa shape index (κ1) is 16.3. The molecule has 0 atom stereocenters. The van der Waals surface area contributed by atoms with Gasteiger partial charge >= 0.3 is 18.2 Å². The normalized spacial score (nSPS) is 11.3. The molecule has 0 fully saturated rings. The molecule has 0 aromatic heterocycles. The van der Waals surface area contributed by atoms with Crippen LogP contribution in [-0.4, -0.2) is 38.5 Å². The minimum atomic E-state index is -4.84. The van der Waals surface area contributed by atoms with Gasteiger partial charge in [0.25, 0.3) is 0 Å². The molecule has 0 saturated heterocycles. The lowest BCUT2D eigenvalue weighted by molar-refractivity contribution is -0.173. The van der Waals surface area contributed by atoms with Gasteiger partial charge in [-0.05, 0) is 12.8 Å². The van der Waals surface area contributed by atoms with Gasteiger partial charge in [-0.3, -0.25) is 4.79 Å². The number of unbranched alkanes of at least 4 members (excludes halogenated alkanes) is 1. The van der Waals surface area contributed by atoms with Gasteiger partial charge in [0, 0.05) is 6.54 Å². The summed E-state index contributed by atoms with van der Waals surface area (Å²) < 4.78 is 44.0. The molecule has 0 aromatic carbocycles. The molecule has 104 valence electrons. The van der Waals surface area contributed by atoms with E-state index in [0.29, 0.717) is 12.8 Å². The summed E-state index contributed by atoms with van der Waals surface area (Å²) in [6.07, 6.45) is -1.67. The van der Waals surface area contributed by atoms with E-state index in [-0.39, 0.29) is 13.2 Å². The van der Waals surface area contributed by atoms with Crippen molar-refractivity contribution >= 4 is 12.1 Å². The van der Waals surface area contributed by atoms with Crippen molar-refractivity contribution in [2.45, 2.75) is 19.0 Å². The molecule has 0 aliphatic rings. The van der Waals surface area contributed by atoms with Crippen LogP contribution >= 0.6 is 0 Å². The van der Waals surface area contributed by atoms with Crippen LogP contribution in [-0.2, 0) is 14.3 Å². The molecular formula is C10H14F3NO4. The fourth-order valence-corrected chi connectivity index (χ4v) is 0.883. The third-order valence-electron chi connectivity index (χ3n) is 1.72. The van der Waals surface area contributed by atoms with Gasteiger partial charge in [0.15, 0.2) is 0 Å². The molecule has 0 spiro atoms. The molecule has 1 N–H and O–H groups in total. The van der Waals surface area contributed by atoms with E-state index in [1.807, 2.05) is 0 Å². The SMILES string of the molecule is COC(=O)OC/C=C/CCCNC(=O)C(F)(F)F. The third kappa shape index (κ3) is 8.43. The fourth-order valence-electron chi connectivity index (χ4n) is 0.883. The maximum Gasteiger partial charge on any atom is 0.508 e. The van der Waals surface area contributed by atoms with Gasteiger partial charge in [0.05, 0.1) is 7.11 Å². The molecule has 0 aliphatic heterocycles. The molecule has 0 saturated carbocycles. The molecule has 0 radical (unpaired) electrons. The quantitative estimate of drug-likeness (QED) is 0.453.